The van der Waals surface area contributed by atoms with Gasteiger partial charge in [-0.2, -0.15) is 0 Å². The molecule has 2 N–H and O–H groups in total. The summed E-state index contributed by atoms with van der Waals surface area (Å²) in [5.74, 6) is 0. The van der Waals surface area contributed by atoms with Crippen molar-refractivity contribution in [1.29, 1.82) is 0 Å². The second kappa shape index (κ2) is 6.63. The predicted molar refractivity (Wildman–Crippen MR) is 75.0 cm³/mol. The van der Waals surface area contributed by atoms with Crippen LogP contribution < -0.4 is 5.32 Å². The van der Waals surface area contributed by atoms with Gasteiger partial charge in [-0.05, 0) is 25.8 Å². The summed E-state index contributed by atoms with van der Waals surface area (Å²) in [5.41, 5.74) is 0.192. The molecule has 0 saturated carbocycles. The molecule has 5 heteroatoms. The van der Waals surface area contributed by atoms with Gasteiger partial charge in [-0.15, -0.1) is 0 Å². The number of non-ortho nitro benzene ring substituents is 1. The van der Waals surface area contributed by atoms with E-state index in [4.69, 9.17) is 0 Å². The summed E-state index contributed by atoms with van der Waals surface area (Å²) in [7, 11) is 0. The van der Waals surface area contributed by atoms with Crippen molar-refractivity contribution in [2.75, 3.05) is 6.54 Å². The Morgan fingerprint density at radius 3 is 2.79 bits per heavy atom. The zero-order valence-corrected chi connectivity index (χ0v) is 11.7. The van der Waals surface area contributed by atoms with E-state index in [0.29, 0.717) is 6.54 Å². The molecule has 0 aromatic heterocycles. The number of nitrogens with one attached hydrogen (secondary N) is 1. The topological polar surface area (TPSA) is 75.4 Å². The first-order valence-electron chi connectivity index (χ1n) is 6.56. The molecule has 0 spiro atoms. The fourth-order valence-electron chi connectivity index (χ4n) is 2.03. The maximum absolute atomic E-state index is 10.7. The number of aliphatic hydroxyl groups is 1. The molecule has 19 heavy (non-hydrogen) atoms. The standard InChI is InChI=1S/C14H22N2O3/c1-4-8-14(3,17)10-15-11(2)12-6-5-7-13(9-12)16(18)19/h5-7,9,11,15,17H,4,8,10H2,1-3H3. The lowest BCUT2D eigenvalue weighted by Gasteiger charge is -2.25. The van der Waals surface area contributed by atoms with Crippen LogP contribution in [-0.4, -0.2) is 22.2 Å². The van der Waals surface area contributed by atoms with Crippen LogP contribution in [0.15, 0.2) is 24.3 Å². The first-order chi connectivity index (χ1) is 8.85. The summed E-state index contributed by atoms with van der Waals surface area (Å²) in [6.45, 7) is 6.22. The molecule has 2 unspecified atom stereocenters. The molecule has 1 aromatic carbocycles. The lowest BCUT2D eigenvalue weighted by atomic mass is 9.99. The fourth-order valence-corrected chi connectivity index (χ4v) is 2.03. The summed E-state index contributed by atoms with van der Waals surface area (Å²) in [4.78, 5) is 10.3. The van der Waals surface area contributed by atoms with E-state index in [9.17, 15) is 15.2 Å². The third kappa shape index (κ3) is 4.96. The molecule has 0 aliphatic rings. The van der Waals surface area contributed by atoms with Gasteiger partial charge in [-0.25, -0.2) is 0 Å². The molecule has 1 aromatic rings. The molecule has 2 atom stereocenters. The molecule has 106 valence electrons. The van der Waals surface area contributed by atoms with Crippen molar-refractivity contribution in [2.24, 2.45) is 0 Å². The molecule has 0 saturated heterocycles. The first-order valence-corrected chi connectivity index (χ1v) is 6.56. The van der Waals surface area contributed by atoms with Crippen molar-refractivity contribution in [1.82, 2.24) is 5.32 Å². The maximum atomic E-state index is 10.7. The first kappa shape index (κ1) is 15.6. The molecule has 0 fully saturated rings. The minimum atomic E-state index is -0.746. The highest BCUT2D eigenvalue weighted by molar-refractivity contribution is 5.35. The van der Waals surface area contributed by atoms with Crippen molar-refractivity contribution in [3.8, 4) is 0 Å². The average molecular weight is 266 g/mol. The predicted octanol–water partition coefficient (Wildman–Crippen LogP) is 2.80. The average Bonchev–Trinajstić information content (AvgIpc) is 2.36. The number of nitro groups is 1. The van der Waals surface area contributed by atoms with Gasteiger partial charge in [0.25, 0.3) is 5.69 Å². The third-order valence-corrected chi connectivity index (χ3v) is 3.16. The molecular formula is C14H22N2O3. The van der Waals surface area contributed by atoms with E-state index in [1.165, 1.54) is 6.07 Å². The van der Waals surface area contributed by atoms with E-state index in [1.54, 1.807) is 19.1 Å². The zero-order valence-electron chi connectivity index (χ0n) is 11.7. The quantitative estimate of drug-likeness (QED) is 0.588. The van der Waals surface area contributed by atoms with Gasteiger partial charge >= 0.3 is 0 Å². The van der Waals surface area contributed by atoms with Gasteiger partial charge in [0.1, 0.15) is 0 Å². The van der Waals surface area contributed by atoms with Crippen LogP contribution in [0.3, 0.4) is 0 Å². The number of rotatable bonds is 7. The number of hydrogen-bond acceptors (Lipinski definition) is 4. The van der Waals surface area contributed by atoms with Gasteiger partial charge in [0.2, 0.25) is 0 Å². The van der Waals surface area contributed by atoms with Crippen LogP contribution in [0, 0.1) is 10.1 Å². The van der Waals surface area contributed by atoms with Gasteiger partial charge in [-0.3, -0.25) is 10.1 Å². The molecule has 0 radical (unpaired) electrons. The van der Waals surface area contributed by atoms with Crippen LogP contribution in [0.1, 0.15) is 45.2 Å². The van der Waals surface area contributed by atoms with Crippen molar-refractivity contribution < 1.29 is 10.0 Å². The summed E-state index contributed by atoms with van der Waals surface area (Å²) in [5, 5.41) is 24.0. The monoisotopic (exact) mass is 266 g/mol. The largest absolute Gasteiger partial charge is 0.389 e. The van der Waals surface area contributed by atoms with Crippen LogP contribution in [0.2, 0.25) is 0 Å². The summed E-state index contributed by atoms with van der Waals surface area (Å²) < 4.78 is 0. The van der Waals surface area contributed by atoms with Crippen LogP contribution in [-0.2, 0) is 0 Å². The van der Waals surface area contributed by atoms with Crippen LogP contribution in [0.25, 0.3) is 0 Å². The molecule has 0 aliphatic heterocycles. The van der Waals surface area contributed by atoms with E-state index in [-0.39, 0.29) is 11.7 Å². The van der Waals surface area contributed by atoms with E-state index < -0.39 is 10.5 Å². The van der Waals surface area contributed by atoms with E-state index in [1.807, 2.05) is 19.9 Å². The molecule has 0 amide bonds. The minimum absolute atomic E-state index is 0.0387. The molecule has 0 heterocycles. The highest BCUT2D eigenvalue weighted by Gasteiger charge is 2.20. The lowest BCUT2D eigenvalue weighted by Crippen LogP contribution is -2.38. The van der Waals surface area contributed by atoms with Crippen LogP contribution in [0.5, 0.6) is 0 Å². The number of nitrogens with zero attached hydrogens (tertiary/aromatic N) is 1. The Bertz CT molecular complexity index is 432. The zero-order chi connectivity index (χ0) is 14.5. The Morgan fingerprint density at radius 1 is 1.53 bits per heavy atom. The number of nitro benzene ring substituents is 1. The number of hydrogen-bond donors (Lipinski definition) is 2. The van der Waals surface area contributed by atoms with Gasteiger partial charge in [0.15, 0.2) is 0 Å². The van der Waals surface area contributed by atoms with Crippen molar-refractivity contribution in [2.45, 2.75) is 45.3 Å². The van der Waals surface area contributed by atoms with Gasteiger partial charge in [-0.1, -0.05) is 25.5 Å². The van der Waals surface area contributed by atoms with E-state index in [0.717, 1.165) is 18.4 Å². The normalized spacial score (nSPS) is 15.8. The van der Waals surface area contributed by atoms with Crippen LogP contribution >= 0.6 is 0 Å². The van der Waals surface area contributed by atoms with E-state index >= 15 is 0 Å². The van der Waals surface area contributed by atoms with Gasteiger partial charge in [0, 0.05) is 24.7 Å². The Kier molecular flexibility index (Phi) is 5.44. The number of benzene rings is 1. The molecule has 5 nitrogen and oxygen atoms in total. The second-order valence-electron chi connectivity index (χ2n) is 5.20. The molecule has 0 bridgehead atoms. The maximum Gasteiger partial charge on any atom is 0.269 e. The van der Waals surface area contributed by atoms with Crippen molar-refractivity contribution in [3.05, 3.63) is 39.9 Å². The van der Waals surface area contributed by atoms with Gasteiger partial charge < -0.3 is 10.4 Å². The summed E-state index contributed by atoms with van der Waals surface area (Å²) in [6.07, 6.45) is 1.64. The van der Waals surface area contributed by atoms with Gasteiger partial charge in [0.05, 0.1) is 10.5 Å². The smallest absolute Gasteiger partial charge is 0.269 e. The Labute approximate surface area is 113 Å². The SMILES string of the molecule is CCCC(C)(O)CNC(C)c1cccc([N+](=O)[O-])c1. The third-order valence-electron chi connectivity index (χ3n) is 3.16. The van der Waals surface area contributed by atoms with E-state index in [2.05, 4.69) is 5.32 Å². The summed E-state index contributed by atoms with van der Waals surface area (Å²) >= 11 is 0. The Balaban J connectivity index is 2.65. The van der Waals surface area contributed by atoms with Crippen molar-refractivity contribution in [3.63, 3.8) is 0 Å². The second-order valence-corrected chi connectivity index (χ2v) is 5.20. The summed E-state index contributed by atoms with van der Waals surface area (Å²) in [6, 6.07) is 6.52. The molecule has 0 aliphatic carbocycles. The van der Waals surface area contributed by atoms with Crippen molar-refractivity contribution >= 4 is 5.69 Å². The van der Waals surface area contributed by atoms with Crippen LogP contribution in [0.4, 0.5) is 5.69 Å². The fraction of sp³-hybridized carbons (Fsp3) is 0.571. The Morgan fingerprint density at radius 2 is 2.21 bits per heavy atom. The minimum Gasteiger partial charge on any atom is -0.389 e. The molecular weight excluding hydrogens is 244 g/mol. The highest BCUT2D eigenvalue weighted by atomic mass is 16.6. The lowest BCUT2D eigenvalue weighted by molar-refractivity contribution is -0.384. The Hall–Kier alpha value is -1.46. The highest BCUT2D eigenvalue weighted by Crippen LogP contribution is 2.20. The molecule has 1 rings (SSSR count).